The van der Waals surface area contributed by atoms with Crippen molar-refractivity contribution in [2.24, 2.45) is 0 Å². The summed E-state index contributed by atoms with van der Waals surface area (Å²) in [5.74, 6) is -1.78. The lowest BCUT2D eigenvalue weighted by Gasteiger charge is -2.29. The molecule has 0 amide bonds. The van der Waals surface area contributed by atoms with Gasteiger partial charge in [0.1, 0.15) is 0 Å². The number of rotatable bonds is 4. The van der Waals surface area contributed by atoms with Gasteiger partial charge in [0.2, 0.25) is 5.54 Å². The number of aliphatic carboxylic acids is 1. The zero-order valence-corrected chi connectivity index (χ0v) is 11.9. The number of carboxylic acids is 1. The summed E-state index contributed by atoms with van der Waals surface area (Å²) in [4.78, 5) is 23.3. The van der Waals surface area contributed by atoms with Gasteiger partial charge in [-0.3, -0.25) is 5.32 Å². The summed E-state index contributed by atoms with van der Waals surface area (Å²) in [6.07, 6.45) is 0.988. The lowest BCUT2D eigenvalue weighted by atomic mass is 9.98. The standard InChI is InChI=1S/C11H21NO4Si/c1-8(17(2,3)4)16-10(15)11(9(13)14)6-5-7-12-11/h8,12H,5-7H2,1-4H3,(H,13,14)/t8?,11-/m0/s1. The fraction of sp³-hybridized carbons (Fsp3) is 0.818. The van der Waals surface area contributed by atoms with Gasteiger partial charge in [-0.05, 0) is 26.3 Å². The number of nitrogens with one attached hydrogen (secondary N) is 1. The number of hydrogen-bond acceptors (Lipinski definition) is 4. The zero-order chi connectivity index (χ0) is 13.3. The summed E-state index contributed by atoms with van der Waals surface area (Å²) in [6, 6.07) is 0. The predicted molar refractivity (Wildman–Crippen MR) is 66.5 cm³/mol. The van der Waals surface area contributed by atoms with Gasteiger partial charge in [-0.25, -0.2) is 9.59 Å². The molecule has 1 rings (SSSR count). The maximum absolute atomic E-state index is 12.0. The topological polar surface area (TPSA) is 75.6 Å². The lowest BCUT2D eigenvalue weighted by molar-refractivity contribution is -0.163. The summed E-state index contributed by atoms with van der Waals surface area (Å²) in [7, 11) is -1.61. The molecule has 6 heteroatoms. The Bertz CT molecular complexity index is 318. The van der Waals surface area contributed by atoms with Crippen molar-refractivity contribution in [3.05, 3.63) is 0 Å². The highest BCUT2D eigenvalue weighted by Crippen LogP contribution is 2.23. The van der Waals surface area contributed by atoms with Crippen LogP contribution in [0.1, 0.15) is 19.8 Å². The first-order valence-corrected chi connectivity index (χ1v) is 9.47. The highest BCUT2D eigenvalue weighted by Gasteiger charge is 2.50. The maximum Gasteiger partial charge on any atom is 0.338 e. The van der Waals surface area contributed by atoms with Gasteiger partial charge in [0.25, 0.3) is 0 Å². The molecule has 2 atom stereocenters. The van der Waals surface area contributed by atoms with E-state index in [1.165, 1.54) is 0 Å². The van der Waals surface area contributed by atoms with Crippen LogP contribution in [0, 0.1) is 0 Å². The van der Waals surface area contributed by atoms with Crippen LogP contribution in [0.4, 0.5) is 0 Å². The van der Waals surface area contributed by atoms with E-state index in [9.17, 15) is 14.7 Å². The Kier molecular flexibility index (Phi) is 3.98. The first-order valence-electron chi connectivity index (χ1n) is 5.89. The van der Waals surface area contributed by atoms with E-state index >= 15 is 0 Å². The smallest absolute Gasteiger partial charge is 0.338 e. The van der Waals surface area contributed by atoms with Crippen LogP contribution in [0.5, 0.6) is 0 Å². The van der Waals surface area contributed by atoms with Gasteiger partial charge < -0.3 is 9.84 Å². The van der Waals surface area contributed by atoms with Gasteiger partial charge in [-0.1, -0.05) is 19.6 Å². The largest absolute Gasteiger partial charge is 0.479 e. The maximum atomic E-state index is 12.0. The molecule has 98 valence electrons. The van der Waals surface area contributed by atoms with Crippen molar-refractivity contribution < 1.29 is 19.4 Å². The SMILES string of the molecule is CC(OC(=O)[C@@]1(C(=O)O)CCCN1)[Si](C)(C)C. The molecule has 1 heterocycles. The molecule has 0 spiro atoms. The summed E-state index contributed by atoms with van der Waals surface area (Å²) < 4.78 is 5.34. The van der Waals surface area contributed by atoms with Gasteiger partial charge in [-0.15, -0.1) is 0 Å². The monoisotopic (exact) mass is 259 g/mol. The molecule has 5 nitrogen and oxygen atoms in total. The molecule has 1 saturated heterocycles. The Morgan fingerprint density at radius 2 is 2.00 bits per heavy atom. The number of carboxylic acid groups (broad SMARTS) is 1. The Morgan fingerprint density at radius 1 is 1.41 bits per heavy atom. The molecule has 1 aliphatic heterocycles. The van der Waals surface area contributed by atoms with E-state index in [2.05, 4.69) is 25.0 Å². The van der Waals surface area contributed by atoms with E-state index in [0.29, 0.717) is 19.4 Å². The second-order valence-electron chi connectivity index (χ2n) is 5.65. The van der Waals surface area contributed by atoms with Crippen LogP contribution in [-0.2, 0) is 14.3 Å². The van der Waals surface area contributed by atoms with Crippen LogP contribution >= 0.6 is 0 Å². The van der Waals surface area contributed by atoms with Crippen molar-refractivity contribution in [2.45, 2.75) is 50.7 Å². The highest BCUT2D eigenvalue weighted by atomic mass is 28.3. The lowest BCUT2D eigenvalue weighted by Crippen LogP contribution is -2.57. The van der Waals surface area contributed by atoms with E-state index in [4.69, 9.17) is 4.74 Å². The van der Waals surface area contributed by atoms with Gasteiger partial charge in [-0.2, -0.15) is 0 Å². The Hall–Kier alpha value is -0.883. The highest BCUT2D eigenvalue weighted by molar-refractivity contribution is 6.77. The normalized spacial score (nSPS) is 26.6. The predicted octanol–water partition coefficient (Wildman–Crippen LogP) is 1.00. The van der Waals surface area contributed by atoms with Crippen LogP contribution in [0.25, 0.3) is 0 Å². The molecular formula is C11H21NO4Si. The number of carbonyl (C=O) groups excluding carboxylic acids is 1. The van der Waals surface area contributed by atoms with Crippen LogP contribution in [0.15, 0.2) is 0 Å². The summed E-state index contributed by atoms with van der Waals surface area (Å²) >= 11 is 0. The number of esters is 1. The van der Waals surface area contributed by atoms with Gasteiger partial charge in [0.05, 0.1) is 13.8 Å². The van der Waals surface area contributed by atoms with Crippen molar-refractivity contribution in [2.75, 3.05) is 6.54 Å². The third-order valence-electron chi connectivity index (χ3n) is 3.37. The second-order valence-corrected chi connectivity index (χ2v) is 11.2. The average molecular weight is 259 g/mol. The minimum atomic E-state index is -1.61. The summed E-state index contributed by atoms with van der Waals surface area (Å²) in [6.45, 7) is 8.64. The fourth-order valence-corrected chi connectivity index (χ4v) is 2.09. The second kappa shape index (κ2) is 4.78. The molecule has 0 aliphatic carbocycles. The van der Waals surface area contributed by atoms with Crippen molar-refractivity contribution in [3.8, 4) is 0 Å². The quantitative estimate of drug-likeness (QED) is 0.447. The third kappa shape index (κ3) is 2.87. The first kappa shape index (κ1) is 14.2. The van der Waals surface area contributed by atoms with Crippen LogP contribution < -0.4 is 5.32 Å². The number of carbonyl (C=O) groups is 2. The Labute approximate surface area is 103 Å². The number of hydrogen-bond donors (Lipinski definition) is 2. The molecule has 0 aromatic heterocycles. The zero-order valence-electron chi connectivity index (χ0n) is 10.9. The fourth-order valence-electron chi connectivity index (χ4n) is 1.63. The molecular weight excluding hydrogens is 238 g/mol. The summed E-state index contributed by atoms with van der Waals surface area (Å²) in [5, 5.41) is 12.0. The molecule has 2 N–H and O–H groups in total. The van der Waals surface area contributed by atoms with Crippen molar-refractivity contribution in [1.82, 2.24) is 5.32 Å². The van der Waals surface area contributed by atoms with Crippen LogP contribution in [0.3, 0.4) is 0 Å². The van der Waals surface area contributed by atoms with Crippen LogP contribution in [-0.4, -0.2) is 42.9 Å². The molecule has 17 heavy (non-hydrogen) atoms. The average Bonchev–Trinajstić information content (AvgIpc) is 2.65. The van der Waals surface area contributed by atoms with Crippen LogP contribution in [0.2, 0.25) is 19.6 Å². The molecule has 1 aliphatic rings. The van der Waals surface area contributed by atoms with E-state index in [1.807, 2.05) is 6.92 Å². The Morgan fingerprint density at radius 3 is 2.35 bits per heavy atom. The van der Waals surface area contributed by atoms with E-state index < -0.39 is 25.6 Å². The van der Waals surface area contributed by atoms with E-state index in [1.54, 1.807) is 0 Å². The molecule has 0 radical (unpaired) electrons. The van der Waals surface area contributed by atoms with Gasteiger partial charge in [0, 0.05) is 0 Å². The van der Waals surface area contributed by atoms with Crippen molar-refractivity contribution >= 4 is 20.0 Å². The van der Waals surface area contributed by atoms with Crippen molar-refractivity contribution in [3.63, 3.8) is 0 Å². The van der Waals surface area contributed by atoms with Gasteiger partial charge in [0.15, 0.2) is 0 Å². The van der Waals surface area contributed by atoms with E-state index in [0.717, 1.165) is 0 Å². The number of ether oxygens (including phenoxy) is 1. The molecule has 1 fully saturated rings. The molecule has 1 unspecified atom stereocenters. The van der Waals surface area contributed by atoms with Gasteiger partial charge >= 0.3 is 11.9 Å². The molecule has 0 aromatic rings. The minimum absolute atomic E-state index is 0.186. The van der Waals surface area contributed by atoms with Crippen molar-refractivity contribution in [1.29, 1.82) is 0 Å². The van der Waals surface area contributed by atoms with E-state index in [-0.39, 0.29) is 5.73 Å². The summed E-state index contributed by atoms with van der Waals surface area (Å²) in [5.41, 5.74) is -1.71. The molecule has 0 saturated carbocycles. The minimum Gasteiger partial charge on any atom is -0.479 e. The third-order valence-corrected chi connectivity index (χ3v) is 5.93. The first-order chi connectivity index (χ1) is 7.70. The Balaban J connectivity index is 2.78. The molecule has 0 bridgehead atoms. The molecule has 0 aromatic carbocycles.